The Balaban J connectivity index is 3.06. The second-order valence-corrected chi connectivity index (χ2v) is 9.31. The highest BCUT2D eigenvalue weighted by molar-refractivity contribution is 6.75. The zero-order chi connectivity index (χ0) is 15.6. The fourth-order valence-corrected chi connectivity index (χ4v) is 5.89. The van der Waals surface area contributed by atoms with Gasteiger partial charge in [0.05, 0.1) is 5.76 Å². The van der Waals surface area contributed by atoms with Crippen LogP contribution in [0.15, 0.2) is 74.1 Å². The van der Waals surface area contributed by atoms with Crippen molar-refractivity contribution in [3.05, 3.63) is 74.1 Å². The second kappa shape index (κ2) is 9.40. The molecule has 1 aliphatic carbocycles. The van der Waals surface area contributed by atoms with Crippen LogP contribution in [-0.2, 0) is 4.43 Å². The molecule has 0 aromatic carbocycles. The van der Waals surface area contributed by atoms with E-state index < -0.39 is 8.32 Å². The third-order valence-corrected chi connectivity index (χ3v) is 7.56. The molecule has 0 radical (unpaired) electrons. The van der Waals surface area contributed by atoms with E-state index >= 15 is 0 Å². The Hall–Kier alpha value is -1.54. The summed E-state index contributed by atoms with van der Waals surface area (Å²) in [6.45, 7) is 15.5. The predicted molar refractivity (Wildman–Crippen MR) is 96.7 cm³/mol. The van der Waals surface area contributed by atoms with Gasteiger partial charge in [0.1, 0.15) is 0 Å². The van der Waals surface area contributed by atoms with Crippen molar-refractivity contribution in [1.82, 2.24) is 0 Å². The maximum atomic E-state index is 6.63. The number of hydrogen-bond donors (Lipinski definition) is 0. The first kappa shape index (κ1) is 17.5. The lowest BCUT2D eigenvalue weighted by atomic mass is 9.97. The van der Waals surface area contributed by atoms with E-state index in [9.17, 15) is 0 Å². The van der Waals surface area contributed by atoms with Gasteiger partial charge in [-0.15, -0.1) is 19.7 Å². The molecule has 0 bridgehead atoms. The molecule has 0 aromatic rings. The molecule has 0 heterocycles. The van der Waals surface area contributed by atoms with E-state index in [1.165, 1.54) is 24.2 Å². The van der Waals surface area contributed by atoms with Crippen LogP contribution in [0.25, 0.3) is 0 Å². The van der Waals surface area contributed by atoms with E-state index in [4.69, 9.17) is 4.43 Å². The summed E-state index contributed by atoms with van der Waals surface area (Å²) >= 11 is 0. The van der Waals surface area contributed by atoms with Crippen molar-refractivity contribution in [1.29, 1.82) is 0 Å². The van der Waals surface area contributed by atoms with Crippen LogP contribution in [0.4, 0.5) is 0 Å². The third kappa shape index (κ3) is 5.39. The Morgan fingerprint density at radius 2 is 1.48 bits per heavy atom. The molecule has 0 aromatic heterocycles. The van der Waals surface area contributed by atoms with E-state index in [0.29, 0.717) is 0 Å². The summed E-state index contributed by atoms with van der Waals surface area (Å²) < 4.78 is 6.63. The maximum Gasteiger partial charge on any atom is 0.261 e. The number of rotatable bonds is 10. The average molecular weight is 301 g/mol. The zero-order valence-electron chi connectivity index (χ0n) is 13.2. The average Bonchev–Trinajstić information content (AvgIpc) is 2.47. The van der Waals surface area contributed by atoms with Crippen molar-refractivity contribution in [3.8, 4) is 0 Å². The lowest BCUT2D eigenvalue weighted by Crippen LogP contribution is -2.36. The standard InChI is InChI=1S/C19H28OSi/c1-5-9-12-18-13-10-11-14-19(18)20-21(15-6-2,16-7-3)17-8-4/h5-9,12H,1-4,10-11,13-17H2/b12-9+. The van der Waals surface area contributed by atoms with Gasteiger partial charge in [0.25, 0.3) is 8.32 Å². The van der Waals surface area contributed by atoms with Gasteiger partial charge < -0.3 is 4.43 Å². The summed E-state index contributed by atoms with van der Waals surface area (Å²) in [5.41, 5.74) is 1.33. The van der Waals surface area contributed by atoms with Gasteiger partial charge in [0.2, 0.25) is 0 Å². The summed E-state index contributed by atoms with van der Waals surface area (Å²) in [6.07, 6.45) is 16.5. The monoisotopic (exact) mass is 300 g/mol. The van der Waals surface area contributed by atoms with Gasteiger partial charge in [-0.3, -0.25) is 0 Å². The fourth-order valence-electron chi connectivity index (χ4n) is 2.80. The van der Waals surface area contributed by atoms with E-state index in [-0.39, 0.29) is 0 Å². The van der Waals surface area contributed by atoms with Gasteiger partial charge in [-0.1, -0.05) is 43.0 Å². The molecular formula is C19H28OSi. The Bertz CT molecular complexity index is 416. The fraction of sp³-hybridized carbons (Fsp3) is 0.368. The van der Waals surface area contributed by atoms with Crippen LogP contribution < -0.4 is 0 Å². The first-order valence-electron chi connectivity index (χ1n) is 7.74. The minimum Gasteiger partial charge on any atom is -0.545 e. The van der Waals surface area contributed by atoms with Crippen LogP contribution in [0, 0.1) is 0 Å². The Morgan fingerprint density at radius 3 is 2.00 bits per heavy atom. The van der Waals surface area contributed by atoms with E-state index in [0.717, 1.165) is 31.0 Å². The summed E-state index contributed by atoms with van der Waals surface area (Å²) in [6, 6.07) is 2.81. The van der Waals surface area contributed by atoms with Crippen LogP contribution >= 0.6 is 0 Å². The molecule has 21 heavy (non-hydrogen) atoms. The molecular weight excluding hydrogens is 272 g/mol. The van der Waals surface area contributed by atoms with Crippen LogP contribution in [0.1, 0.15) is 25.7 Å². The van der Waals surface area contributed by atoms with Crippen molar-refractivity contribution < 1.29 is 4.43 Å². The molecule has 1 rings (SSSR count). The molecule has 0 atom stereocenters. The topological polar surface area (TPSA) is 9.23 Å². The minimum atomic E-state index is -1.94. The smallest absolute Gasteiger partial charge is 0.261 e. The van der Waals surface area contributed by atoms with E-state index in [1.807, 2.05) is 30.4 Å². The molecule has 0 saturated heterocycles. The number of allylic oxidation sites excluding steroid dienone is 8. The van der Waals surface area contributed by atoms with Gasteiger partial charge in [0, 0.05) is 6.42 Å². The summed E-state index contributed by atoms with van der Waals surface area (Å²) in [7, 11) is -1.94. The second-order valence-electron chi connectivity index (χ2n) is 5.51. The van der Waals surface area contributed by atoms with E-state index in [2.05, 4.69) is 32.4 Å². The largest absolute Gasteiger partial charge is 0.545 e. The molecule has 0 spiro atoms. The third-order valence-electron chi connectivity index (χ3n) is 3.78. The highest BCUT2D eigenvalue weighted by Crippen LogP contribution is 2.34. The van der Waals surface area contributed by atoms with Crippen LogP contribution in [-0.4, -0.2) is 8.32 Å². The molecule has 114 valence electrons. The molecule has 0 saturated carbocycles. The molecule has 2 heteroatoms. The lowest BCUT2D eigenvalue weighted by molar-refractivity contribution is 0.365. The Morgan fingerprint density at radius 1 is 0.905 bits per heavy atom. The maximum absolute atomic E-state index is 6.63. The van der Waals surface area contributed by atoms with Crippen molar-refractivity contribution in [2.24, 2.45) is 0 Å². The molecule has 1 aliphatic rings. The summed E-state index contributed by atoms with van der Waals surface area (Å²) in [4.78, 5) is 0. The van der Waals surface area contributed by atoms with Crippen LogP contribution in [0.3, 0.4) is 0 Å². The van der Waals surface area contributed by atoms with Gasteiger partial charge in [-0.25, -0.2) is 0 Å². The SMILES string of the molecule is C=C/C=C/C1=C(O[Si](CC=C)(CC=C)CC=C)CCCC1. The van der Waals surface area contributed by atoms with Crippen molar-refractivity contribution in [2.45, 2.75) is 43.8 Å². The summed E-state index contributed by atoms with van der Waals surface area (Å²) in [5.74, 6) is 1.18. The molecule has 0 unspecified atom stereocenters. The van der Waals surface area contributed by atoms with Crippen LogP contribution in [0.2, 0.25) is 18.1 Å². The molecule has 0 N–H and O–H groups in total. The van der Waals surface area contributed by atoms with Gasteiger partial charge in [-0.05, 0) is 43.0 Å². The van der Waals surface area contributed by atoms with Crippen molar-refractivity contribution >= 4 is 8.32 Å². The Kier molecular flexibility index (Phi) is 7.84. The van der Waals surface area contributed by atoms with Gasteiger partial charge in [0.15, 0.2) is 0 Å². The van der Waals surface area contributed by atoms with Crippen molar-refractivity contribution in [3.63, 3.8) is 0 Å². The molecule has 0 aliphatic heterocycles. The van der Waals surface area contributed by atoms with Crippen LogP contribution in [0.5, 0.6) is 0 Å². The number of hydrogen-bond acceptors (Lipinski definition) is 1. The minimum absolute atomic E-state index is 0.937. The molecule has 0 amide bonds. The lowest BCUT2D eigenvalue weighted by Gasteiger charge is -2.33. The normalized spacial score (nSPS) is 15.8. The summed E-state index contributed by atoms with van der Waals surface area (Å²) in [5, 5.41) is 0. The van der Waals surface area contributed by atoms with Gasteiger partial charge in [-0.2, -0.15) is 0 Å². The zero-order valence-corrected chi connectivity index (χ0v) is 14.2. The van der Waals surface area contributed by atoms with Crippen molar-refractivity contribution in [2.75, 3.05) is 0 Å². The van der Waals surface area contributed by atoms with E-state index in [1.54, 1.807) is 0 Å². The molecule has 1 nitrogen and oxygen atoms in total. The highest BCUT2D eigenvalue weighted by Gasteiger charge is 2.34. The molecule has 0 fully saturated rings. The quantitative estimate of drug-likeness (QED) is 0.270. The Labute approximate surface area is 131 Å². The highest BCUT2D eigenvalue weighted by atomic mass is 28.4. The first-order valence-corrected chi connectivity index (χ1v) is 10.3. The predicted octanol–water partition coefficient (Wildman–Crippen LogP) is 6.08. The van der Waals surface area contributed by atoms with Gasteiger partial charge >= 0.3 is 0 Å². The first-order chi connectivity index (χ1) is 10.2.